The second-order valence-corrected chi connectivity index (χ2v) is 1.64. The second kappa shape index (κ2) is 2.59. The summed E-state index contributed by atoms with van der Waals surface area (Å²) in [6.07, 6.45) is 1.40. The highest BCUT2D eigenvalue weighted by Gasteiger charge is 1.98. The van der Waals surface area contributed by atoms with Crippen LogP contribution in [0.3, 0.4) is 0 Å². The van der Waals surface area contributed by atoms with Gasteiger partial charge < -0.3 is 0 Å². The molecule has 1 rings (SSSR count). The molecule has 0 saturated heterocycles. The number of hydrogen-bond donors (Lipinski definition) is 0. The van der Waals surface area contributed by atoms with Gasteiger partial charge in [-0.05, 0) is 6.92 Å². The van der Waals surface area contributed by atoms with Crippen molar-refractivity contribution in [1.82, 2.24) is 14.8 Å². The predicted molar refractivity (Wildman–Crippen MR) is 30.1 cm³/mol. The van der Waals surface area contributed by atoms with E-state index in [0.717, 1.165) is 6.54 Å². The third kappa shape index (κ3) is 1.08. The van der Waals surface area contributed by atoms with Crippen LogP contribution < -0.4 is 0 Å². The fourth-order valence-corrected chi connectivity index (χ4v) is 0.664. The van der Waals surface area contributed by atoms with Gasteiger partial charge >= 0.3 is 0 Å². The van der Waals surface area contributed by atoms with Crippen molar-refractivity contribution >= 4 is 0 Å². The molecule has 1 radical (unpaired) electrons. The molecule has 0 aliphatic rings. The van der Waals surface area contributed by atoms with Gasteiger partial charge in [0.15, 0.2) is 5.82 Å². The first kappa shape index (κ1) is 6.22. The molecular weight excluding hydrogens is 118 g/mol. The average molecular weight is 126 g/mol. The molecule has 1 heterocycles. The zero-order chi connectivity index (χ0) is 6.69. The number of rotatable bonds is 2. The summed E-state index contributed by atoms with van der Waals surface area (Å²) in [5.74, 6) is 0.512. The summed E-state index contributed by atoms with van der Waals surface area (Å²) < 4.78 is 1.59. The van der Waals surface area contributed by atoms with E-state index < -0.39 is 0 Å². The molecule has 4 heteroatoms. The predicted octanol–water partition coefficient (Wildman–Crippen LogP) is 0.228. The van der Waals surface area contributed by atoms with E-state index in [4.69, 9.17) is 0 Å². The summed E-state index contributed by atoms with van der Waals surface area (Å²) in [5.41, 5.74) is 0. The molecule has 0 aromatic carbocycles. The lowest BCUT2D eigenvalue weighted by atomic mass is 10.6. The molecule has 1 aromatic rings. The van der Waals surface area contributed by atoms with Gasteiger partial charge in [-0.15, -0.1) is 0 Å². The summed E-state index contributed by atoms with van der Waals surface area (Å²) in [4.78, 5) is 3.74. The Bertz CT molecular complexity index is 166. The lowest BCUT2D eigenvalue weighted by Gasteiger charge is -1.94. The molecule has 0 spiro atoms. The van der Waals surface area contributed by atoms with Crippen LogP contribution in [0.5, 0.6) is 0 Å². The topological polar surface area (TPSA) is 50.6 Å². The number of aromatic nitrogens is 3. The van der Waals surface area contributed by atoms with Crippen LogP contribution in [0.15, 0.2) is 6.33 Å². The quantitative estimate of drug-likeness (QED) is 0.569. The van der Waals surface area contributed by atoms with E-state index in [1.807, 2.05) is 6.92 Å². The minimum atomic E-state index is -0.284. The van der Waals surface area contributed by atoms with Gasteiger partial charge in [0, 0.05) is 6.54 Å². The minimum absolute atomic E-state index is 0.284. The van der Waals surface area contributed by atoms with Gasteiger partial charge in [-0.2, -0.15) is 5.10 Å². The monoisotopic (exact) mass is 126 g/mol. The summed E-state index contributed by atoms with van der Waals surface area (Å²) in [5, 5.41) is 14.1. The van der Waals surface area contributed by atoms with Crippen molar-refractivity contribution in [2.24, 2.45) is 0 Å². The Hall–Kier alpha value is -0.900. The van der Waals surface area contributed by atoms with E-state index in [2.05, 4.69) is 10.1 Å². The highest BCUT2D eigenvalue weighted by molar-refractivity contribution is 4.79. The van der Waals surface area contributed by atoms with Crippen molar-refractivity contribution in [3.8, 4) is 0 Å². The van der Waals surface area contributed by atoms with E-state index in [0.29, 0.717) is 5.82 Å². The largest absolute Gasteiger partial charge is 0.248 e. The van der Waals surface area contributed by atoms with E-state index >= 15 is 0 Å². The SMILES string of the molecule is CCn1ncnc1C[O]. The Morgan fingerprint density at radius 3 is 3.00 bits per heavy atom. The maximum atomic E-state index is 10.2. The molecule has 0 amide bonds. The van der Waals surface area contributed by atoms with Crippen molar-refractivity contribution in [3.05, 3.63) is 12.2 Å². The zero-order valence-corrected chi connectivity index (χ0v) is 5.24. The molecule has 9 heavy (non-hydrogen) atoms. The Morgan fingerprint density at radius 2 is 2.56 bits per heavy atom. The van der Waals surface area contributed by atoms with Crippen molar-refractivity contribution in [2.45, 2.75) is 20.1 Å². The molecule has 0 bridgehead atoms. The van der Waals surface area contributed by atoms with Crippen LogP contribution in [0, 0.1) is 0 Å². The number of nitrogens with zero attached hydrogens (tertiary/aromatic N) is 3. The summed E-state index contributed by atoms with van der Waals surface area (Å²) in [7, 11) is 0. The van der Waals surface area contributed by atoms with Gasteiger partial charge in [-0.1, -0.05) is 0 Å². The molecule has 0 atom stereocenters. The highest BCUT2D eigenvalue weighted by atomic mass is 16.3. The Labute approximate surface area is 53.1 Å². The van der Waals surface area contributed by atoms with Crippen LogP contribution in [0.1, 0.15) is 12.7 Å². The lowest BCUT2D eigenvalue weighted by molar-refractivity contribution is 0.165. The van der Waals surface area contributed by atoms with Crippen molar-refractivity contribution in [2.75, 3.05) is 0 Å². The molecule has 4 nitrogen and oxygen atoms in total. The molecule has 0 N–H and O–H groups in total. The Morgan fingerprint density at radius 1 is 1.78 bits per heavy atom. The number of hydrogen-bond acceptors (Lipinski definition) is 2. The van der Waals surface area contributed by atoms with E-state index in [1.54, 1.807) is 4.68 Å². The minimum Gasteiger partial charge on any atom is -0.248 e. The molecule has 0 aliphatic heterocycles. The first-order valence-corrected chi connectivity index (χ1v) is 2.83. The molecular formula is C5H8N3O. The van der Waals surface area contributed by atoms with Gasteiger partial charge in [0.25, 0.3) is 0 Å². The van der Waals surface area contributed by atoms with Crippen LogP contribution in [0.25, 0.3) is 0 Å². The van der Waals surface area contributed by atoms with Crippen LogP contribution in [-0.4, -0.2) is 14.8 Å². The van der Waals surface area contributed by atoms with Crippen molar-refractivity contribution in [3.63, 3.8) is 0 Å². The Balaban J connectivity index is 2.85. The van der Waals surface area contributed by atoms with E-state index in [1.165, 1.54) is 6.33 Å². The summed E-state index contributed by atoms with van der Waals surface area (Å²) in [6.45, 7) is 2.36. The van der Waals surface area contributed by atoms with Gasteiger partial charge in [0.1, 0.15) is 12.9 Å². The Kier molecular flexibility index (Phi) is 1.79. The van der Waals surface area contributed by atoms with Crippen molar-refractivity contribution < 1.29 is 5.11 Å². The smallest absolute Gasteiger partial charge is 0.156 e. The molecule has 49 valence electrons. The van der Waals surface area contributed by atoms with Crippen molar-refractivity contribution in [1.29, 1.82) is 0 Å². The lowest BCUT2D eigenvalue weighted by Crippen LogP contribution is -2.02. The summed E-state index contributed by atoms with van der Waals surface area (Å²) >= 11 is 0. The fourth-order valence-electron chi connectivity index (χ4n) is 0.664. The standard InChI is InChI=1S/C5H8N3O/c1-2-8-5(3-9)6-4-7-8/h4H,2-3H2,1H3. The average Bonchev–Trinajstić information content (AvgIpc) is 2.33. The normalized spacial score (nSPS) is 10.0. The van der Waals surface area contributed by atoms with Gasteiger partial charge in [-0.3, -0.25) is 0 Å². The third-order valence-electron chi connectivity index (χ3n) is 1.12. The molecule has 0 fully saturated rings. The summed E-state index contributed by atoms with van der Waals surface area (Å²) in [6, 6.07) is 0. The number of aryl methyl sites for hydroxylation is 1. The van der Waals surface area contributed by atoms with Crippen LogP contribution in [0.2, 0.25) is 0 Å². The first-order valence-electron chi connectivity index (χ1n) is 2.83. The van der Waals surface area contributed by atoms with Gasteiger partial charge in [-0.25, -0.2) is 14.8 Å². The second-order valence-electron chi connectivity index (χ2n) is 1.64. The van der Waals surface area contributed by atoms with Crippen LogP contribution in [0.4, 0.5) is 0 Å². The van der Waals surface area contributed by atoms with E-state index in [9.17, 15) is 5.11 Å². The highest BCUT2D eigenvalue weighted by Crippen LogP contribution is 1.91. The van der Waals surface area contributed by atoms with Gasteiger partial charge in [0.2, 0.25) is 0 Å². The van der Waals surface area contributed by atoms with Crippen LogP contribution in [-0.2, 0) is 18.3 Å². The molecule has 0 unspecified atom stereocenters. The third-order valence-corrected chi connectivity index (χ3v) is 1.12. The van der Waals surface area contributed by atoms with Crippen LogP contribution >= 0.6 is 0 Å². The molecule has 1 aromatic heterocycles. The maximum absolute atomic E-state index is 10.2. The van der Waals surface area contributed by atoms with Gasteiger partial charge in [0.05, 0.1) is 0 Å². The van der Waals surface area contributed by atoms with E-state index in [-0.39, 0.29) is 6.61 Å². The zero-order valence-electron chi connectivity index (χ0n) is 5.24. The maximum Gasteiger partial charge on any atom is 0.156 e. The first-order chi connectivity index (χ1) is 4.38. The molecule has 0 aliphatic carbocycles. The molecule has 0 saturated carbocycles. The fraction of sp³-hybridized carbons (Fsp3) is 0.600.